The quantitative estimate of drug-likeness (QED) is 0.911. The molecule has 4 nitrogen and oxygen atoms in total. The Balaban J connectivity index is 1.69. The fourth-order valence-electron chi connectivity index (χ4n) is 2.24. The Morgan fingerprint density at radius 1 is 1.53 bits per heavy atom. The molecular weight excluding hydrogens is 260 g/mol. The van der Waals surface area contributed by atoms with Crippen LogP contribution in [0, 0.1) is 0 Å². The van der Waals surface area contributed by atoms with Gasteiger partial charge in [0.1, 0.15) is 5.75 Å². The molecule has 2 aromatic rings. The summed E-state index contributed by atoms with van der Waals surface area (Å²) in [5, 5.41) is 4.33. The molecule has 1 aromatic heterocycles. The van der Waals surface area contributed by atoms with Crippen molar-refractivity contribution < 1.29 is 9.47 Å². The van der Waals surface area contributed by atoms with Gasteiger partial charge in [0.2, 0.25) is 0 Å². The van der Waals surface area contributed by atoms with Gasteiger partial charge in [-0.25, -0.2) is 4.98 Å². The van der Waals surface area contributed by atoms with E-state index in [1.54, 1.807) is 11.3 Å². The van der Waals surface area contributed by atoms with Gasteiger partial charge in [-0.3, -0.25) is 0 Å². The predicted molar refractivity (Wildman–Crippen MR) is 78.3 cm³/mol. The van der Waals surface area contributed by atoms with E-state index in [-0.39, 0.29) is 0 Å². The molecule has 1 atom stereocenters. The SMILES string of the molecule is CCOc1ccc2nc(NCC3CCCO3)sc2c1. The number of fused-ring (bicyclic) bond motifs is 1. The van der Waals surface area contributed by atoms with Crippen LogP contribution in [-0.4, -0.2) is 30.8 Å². The van der Waals surface area contributed by atoms with E-state index >= 15 is 0 Å². The van der Waals surface area contributed by atoms with Crippen LogP contribution in [0.4, 0.5) is 5.13 Å². The van der Waals surface area contributed by atoms with Crippen LogP contribution in [0.2, 0.25) is 0 Å². The summed E-state index contributed by atoms with van der Waals surface area (Å²) in [6.45, 7) is 4.42. The number of ether oxygens (including phenoxy) is 2. The van der Waals surface area contributed by atoms with E-state index in [9.17, 15) is 0 Å². The molecule has 0 aliphatic carbocycles. The zero-order chi connectivity index (χ0) is 13.1. The highest BCUT2D eigenvalue weighted by molar-refractivity contribution is 7.22. The summed E-state index contributed by atoms with van der Waals surface area (Å²) in [5.74, 6) is 0.907. The van der Waals surface area contributed by atoms with Gasteiger partial charge in [0.05, 0.1) is 22.9 Å². The largest absolute Gasteiger partial charge is 0.494 e. The van der Waals surface area contributed by atoms with Crippen molar-refractivity contribution >= 4 is 26.7 Å². The smallest absolute Gasteiger partial charge is 0.183 e. The number of anilines is 1. The highest BCUT2D eigenvalue weighted by Gasteiger charge is 2.15. The Bertz CT molecular complexity index is 549. The molecule has 0 bridgehead atoms. The zero-order valence-corrected chi connectivity index (χ0v) is 11.8. The summed E-state index contributed by atoms with van der Waals surface area (Å²) in [6.07, 6.45) is 2.65. The van der Waals surface area contributed by atoms with Gasteiger partial charge < -0.3 is 14.8 Å². The van der Waals surface area contributed by atoms with E-state index in [0.29, 0.717) is 12.7 Å². The Morgan fingerprint density at radius 2 is 2.47 bits per heavy atom. The monoisotopic (exact) mass is 278 g/mol. The van der Waals surface area contributed by atoms with Crippen LogP contribution < -0.4 is 10.1 Å². The highest BCUT2D eigenvalue weighted by Crippen LogP contribution is 2.29. The summed E-state index contributed by atoms with van der Waals surface area (Å²) < 4.78 is 12.3. The van der Waals surface area contributed by atoms with E-state index in [1.165, 1.54) is 6.42 Å². The van der Waals surface area contributed by atoms with E-state index in [0.717, 1.165) is 40.7 Å². The van der Waals surface area contributed by atoms with Gasteiger partial charge in [-0.2, -0.15) is 0 Å². The van der Waals surface area contributed by atoms with Gasteiger partial charge in [-0.1, -0.05) is 11.3 Å². The minimum absolute atomic E-state index is 0.339. The highest BCUT2D eigenvalue weighted by atomic mass is 32.1. The zero-order valence-electron chi connectivity index (χ0n) is 11.0. The number of benzene rings is 1. The van der Waals surface area contributed by atoms with Crippen molar-refractivity contribution in [1.29, 1.82) is 0 Å². The normalized spacial score (nSPS) is 18.9. The number of hydrogen-bond donors (Lipinski definition) is 1. The molecule has 0 radical (unpaired) electrons. The second-order valence-electron chi connectivity index (χ2n) is 4.60. The average molecular weight is 278 g/mol. The molecule has 1 aliphatic rings. The van der Waals surface area contributed by atoms with Crippen molar-refractivity contribution in [1.82, 2.24) is 4.98 Å². The molecule has 1 saturated heterocycles. The van der Waals surface area contributed by atoms with Crippen molar-refractivity contribution in [2.24, 2.45) is 0 Å². The summed E-state index contributed by atoms with van der Waals surface area (Å²) >= 11 is 1.66. The van der Waals surface area contributed by atoms with Crippen LogP contribution in [0.25, 0.3) is 10.2 Å². The maximum Gasteiger partial charge on any atom is 0.183 e. The molecule has 19 heavy (non-hydrogen) atoms. The fraction of sp³-hybridized carbons (Fsp3) is 0.500. The molecule has 0 spiro atoms. The lowest BCUT2D eigenvalue weighted by atomic mass is 10.2. The first kappa shape index (κ1) is 12.7. The topological polar surface area (TPSA) is 43.4 Å². The number of aromatic nitrogens is 1. The number of nitrogens with zero attached hydrogens (tertiary/aromatic N) is 1. The summed E-state index contributed by atoms with van der Waals surface area (Å²) in [6, 6.07) is 6.03. The van der Waals surface area contributed by atoms with Crippen LogP contribution in [0.1, 0.15) is 19.8 Å². The minimum atomic E-state index is 0.339. The minimum Gasteiger partial charge on any atom is -0.494 e. The van der Waals surface area contributed by atoms with Gasteiger partial charge >= 0.3 is 0 Å². The first-order valence-corrected chi connectivity index (χ1v) is 7.55. The van der Waals surface area contributed by atoms with Crippen molar-refractivity contribution in [3.63, 3.8) is 0 Å². The lowest BCUT2D eigenvalue weighted by Gasteiger charge is -2.08. The van der Waals surface area contributed by atoms with Gasteiger partial charge in [-0.05, 0) is 38.0 Å². The first-order valence-electron chi connectivity index (χ1n) is 6.74. The third kappa shape index (κ3) is 2.98. The Labute approximate surface area is 116 Å². The van der Waals surface area contributed by atoms with Crippen LogP contribution >= 0.6 is 11.3 Å². The molecule has 2 heterocycles. The molecule has 0 amide bonds. The molecule has 3 rings (SSSR count). The molecule has 1 fully saturated rings. The fourth-order valence-corrected chi connectivity index (χ4v) is 3.14. The summed E-state index contributed by atoms with van der Waals surface area (Å²) in [7, 11) is 0. The average Bonchev–Trinajstić information content (AvgIpc) is 3.05. The number of rotatable bonds is 5. The third-order valence-electron chi connectivity index (χ3n) is 3.18. The van der Waals surface area contributed by atoms with Gasteiger partial charge in [-0.15, -0.1) is 0 Å². The predicted octanol–water partition coefficient (Wildman–Crippen LogP) is 3.29. The van der Waals surface area contributed by atoms with Crippen molar-refractivity contribution in [3.05, 3.63) is 18.2 Å². The number of hydrogen-bond acceptors (Lipinski definition) is 5. The molecule has 1 aliphatic heterocycles. The first-order chi connectivity index (χ1) is 9.35. The number of thiazole rings is 1. The Morgan fingerprint density at radius 3 is 3.26 bits per heavy atom. The second kappa shape index (κ2) is 5.75. The van der Waals surface area contributed by atoms with E-state index < -0.39 is 0 Å². The van der Waals surface area contributed by atoms with E-state index in [4.69, 9.17) is 9.47 Å². The van der Waals surface area contributed by atoms with E-state index in [1.807, 2.05) is 25.1 Å². The third-order valence-corrected chi connectivity index (χ3v) is 4.15. The molecule has 1 N–H and O–H groups in total. The van der Waals surface area contributed by atoms with Crippen LogP contribution in [0.3, 0.4) is 0 Å². The molecule has 102 valence electrons. The second-order valence-corrected chi connectivity index (χ2v) is 5.63. The summed E-state index contributed by atoms with van der Waals surface area (Å²) in [4.78, 5) is 4.57. The lowest BCUT2D eigenvalue weighted by molar-refractivity contribution is 0.120. The van der Waals surface area contributed by atoms with Crippen molar-refractivity contribution in [3.8, 4) is 5.75 Å². The maximum absolute atomic E-state index is 5.59. The summed E-state index contributed by atoms with van der Waals surface area (Å²) in [5.41, 5.74) is 1.02. The standard InChI is InChI=1S/C14H18N2O2S/c1-2-17-10-5-6-12-13(8-10)19-14(16-12)15-9-11-4-3-7-18-11/h5-6,8,11H,2-4,7,9H2,1H3,(H,15,16). The van der Waals surface area contributed by atoms with Gasteiger partial charge in [0.15, 0.2) is 5.13 Å². The van der Waals surface area contributed by atoms with Crippen molar-refractivity contribution in [2.45, 2.75) is 25.9 Å². The van der Waals surface area contributed by atoms with Crippen molar-refractivity contribution in [2.75, 3.05) is 25.1 Å². The molecular formula is C14H18N2O2S. The number of nitrogens with one attached hydrogen (secondary N) is 1. The van der Waals surface area contributed by atoms with Crippen LogP contribution in [-0.2, 0) is 4.74 Å². The van der Waals surface area contributed by atoms with Crippen LogP contribution in [0.15, 0.2) is 18.2 Å². The van der Waals surface area contributed by atoms with Gasteiger partial charge in [0, 0.05) is 13.2 Å². The Kier molecular flexibility index (Phi) is 3.84. The van der Waals surface area contributed by atoms with Crippen LogP contribution in [0.5, 0.6) is 5.75 Å². The molecule has 1 unspecified atom stereocenters. The lowest BCUT2D eigenvalue weighted by Crippen LogP contribution is -2.18. The molecule has 0 saturated carbocycles. The molecule has 5 heteroatoms. The maximum atomic E-state index is 5.59. The van der Waals surface area contributed by atoms with Gasteiger partial charge in [0.25, 0.3) is 0 Å². The molecule has 1 aromatic carbocycles. The Hall–Kier alpha value is -1.33. The van der Waals surface area contributed by atoms with E-state index in [2.05, 4.69) is 10.3 Å².